The molecule has 0 saturated carbocycles. The van der Waals surface area contributed by atoms with Crippen LogP contribution < -0.4 is 5.32 Å². The van der Waals surface area contributed by atoms with Gasteiger partial charge in [-0.1, -0.05) is 12.1 Å². The van der Waals surface area contributed by atoms with Crippen LogP contribution in [0.5, 0.6) is 0 Å². The van der Waals surface area contributed by atoms with Crippen molar-refractivity contribution in [2.24, 2.45) is 5.92 Å². The van der Waals surface area contributed by atoms with Gasteiger partial charge in [-0.15, -0.1) is 0 Å². The quantitative estimate of drug-likeness (QED) is 0.836. The molecule has 0 radical (unpaired) electrons. The fraction of sp³-hybridized carbons (Fsp3) is 0.385. The van der Waals surface area contributed by atoms with Gasteiger partial charge in [0, 0.05) is 13.2 Å². The lowest BCUT2D eigenvalue weighted by molar-refractivity contribution is -0.125. The Morgan fingerprint density at radius 1 is 1.44 bits per heavy atom. The summed E-state index contributed by atoms with van der Waals surface area (Å²) in [6.07, 6.45) is 0.751. The van der Waals surface area contributed by atoms with Gasteiger partial charge in [0.25, 0.3) is 0 Å². The molecule has 0 aliphatic carbocycles. The second kappa shape index (κ2) is 5.64. The highest BCUT2D eigenvalue weighted by Gasteiger charge is 2.22. The van der Waals surface area contributed by atoms with E-state index in [0.717, 1.165) is 12.0 Å². The zero-order valence-corrected chi connectivity index (χ0v) is 9.89. The van der Waals surface area contributed by atoms with E-state index in [1.165, 1.54) is 6.07 Å². The van der Waals surface area contributed by atoms with Gasteiger partial charge >= 0.3 is 5.97 Å². The Morgan fingerprint density at radius 3 is 2.94 bits per heavy atom. The highest BCUT2D eigenvalue weighted by Crippen LogP contribution is 2.12. The average Bonchev–Trinajstić information content (AvgIpc) is 2.90. The summed E-state index contributed by atoms with van der Waals surface area (Å²) in [5.74, 6) is -1.08. The van der Waals surface area contributed by atoms with Crippen LogP contribution in [0.2, 0.25) is 0 Å². The number of carbonyl (C=O) groups is 2. The van der Waals surface area contributed by atoms with Crippen molar-refractivity contribution in [1.82, 2.24) is 5.32 Å². The summed E-state index contributed by atoms with van der Waals surface area (Å²) < 4.78 is 5.14. The lowest BCUT2D eigenvalue weighted by Crippen LogP contribution is -2.30. The van der Waals surface area contributed by atoms with Gasteiger partial charge in [-0.25, -0.2) is 4.79 Å². The molecular formula is C13H15NO4. The minimum atomic E-state index is -0.965. The third-order valence-electron chi connectivity index (χ3n) is 2.94. The molecule has 1 fully saturated rings. The predicted molar refractivity (Wildman–Crippen MR) is 64.2 cm³/mol. The molecule has 0 aromatic heterocycles. The van der Waals surface area contributed by atoms with Gasteiger partial charge in [0.05, 0.1) is 18.1 Å². The first-order valence-corrected chi connectivity index (χ1v) is 5.84. The molecule has 1 saturated heterocycles. The number of hydrogen-bond acceptors (Lipinski definition) is 3. The first kappa shape index (κ1) is 12.6. The van der Waals surface area contributed by atoms with Crippen molar-refractivity contribution in [3.8, 4) is 0 Å². The number of carboxylic acids is 1. The van der Waals surface area contributed by atoms with E-state index in [1.807, 2.05) is 0 Å². The molecule has 0 bridgehead atoms. The van der Waals surface area contributed by atoms with Crippen LogP contribution in [0.4, 0.5) is 0 Å². The molecule has 2 rings (SSSR count). The van der Waals surface area contributed by atoms with E-state index < -0.39 is 5.97 Å². The molecule has 1 heterocycles. The molecule has 1 aromatic carbocycles. The van der Waals surface area contributed by atoms with Crippen molar-refractivity contribution in [1.29, 1.82) is 0 Å². The first-order valence-electron chi connectivity index (χ1n) is 5.84. The van der Waals surface area contributed by atoms with E-state index in [9.17, 15) is 9.59 Å². The normalized spacial score (nSPS) is 18.6. The van der Waals surface area contributed by atoms with Gasteiger partial charge in [0.15, 0.2) is 0 Å². The Hall–Kier alpha value is -1.88. The number of hydrogen-bond donors (Lipinski definition) is 2. The zero-order chi connectivity index (χ0) is 13.0. The predicted octanol–water partition coefficient (Wildman–Crippen LogP) is 1.04. The van der Waals surface area contributed by atoms with Gasteiger partial charge in [-0.2, -0.15) is 0 Å². The maximum atomic E-state index is 11.7. The second-order valence-electron chi connectivity index (χ2n) is 4.28. The number of nitrogens with one attached hydrogen (secondary N) is 1. The summed E-state index contributed by atoms with van der Waals surface area (Å²) in [4.78, 5) is 22.5. The molecule has 5 heteroatoms. The molecule has 1 atom stereocenters. The lowest BCUT2D eigenvalue weighted by atomic mass is 10.1. The minimum absolute atomic E-state index is 0.0340. The number of ether oxygens (including phenoxy) is 1. The average molecular weight is 249 g/mol. The molecule has 0 unspecified atom stereocenters. The summed E-state index contributed by atoms with van der Waals surface area (Å²) in [6.45, 7) is 1.45. The van der Waals surface area contributed by atoms with Crippen molar-refractivity contribution < 1.29 is 19.4 Å². The SMILES string of the molecule is O=C(O)c1cccc(CNC(=O)[C@@H]2CCOC2)c1. The maximum Gasteiger partial charge on any atom is 0.335 e. The molecule has 1 aliphatic rings. The third kappa shape index (κ3) is 3.07. The number of carbonyl (C=O) groups excluding carboxylic acids is 1. The van der Waals surface area contributed by atoms with E-state index >= 15 is 0 Å². The molecule has 96 valence electrons. The van der Waals surface area contributed by atoms with Gasteiger partial charge in [-0.05, 0) is 24.1 Å². The van der Waals surface area contributed by atoms with E-state index in [0.29, 0.717) is 19.8 Å². The number of benzene rings is 1. The van der Waals surface area contributed by atoms with Crippen LogP contribution in [0.1, 0.15) is 22.3 Å². The van der Waals surface area contributed by atoms with Crippen LogP contribution in [0.15, 0.2) is 24.3 Å². The minimum Gasteiger partial charge on any atom is -0.478 e. The van der Waals surface area contributed by atoms with E-state index in [4.69, 9.17) is 9.84 Å². The number of amides is 1. The number of rotatable bonds is 4. The number of carboxylic acid groups (broad SMARTS) is 1. The van der Waals surface area contributed by atoms with Crippen LogP contribution in [-0.4, -0.2) is 30.2 Å². The zero-order valence-electron chi connectivity index (χ0n) is 9.89. The van der Waals surface area contributed by atoms with Gasteiger partial charge in [0.2, 0.25) is 5.91 Å². The van der Waals surface area contributed by atoms with Crippen molar-refractivity contribution >= 4 is 11.9 Å². The second-order valence-corrected chi connectivity index (χ2v) is 4.28. The van der Waals surface area contributed by atoms with Crippen LogP contribution >= 0.6 is 0 Å². The summed E-state index contributed by atoms with van der Waals surface area (Å²) in [5, 5.41) is 11.7. The summed E-state index contributed by atoms with van der Waals surface area (Å²) >= 11 is 0. The Labute approximate surface area is 105 Å². The van der Waals surface area contributed by atoms with E-state index in [-0.39, 0.29) is 17.4 Å². The van der Waals surface area contributed by atoms with Gasteiger partial charge in [-0.3, -0.25) is 4.79 Å². The largest absolute Gasteiger partial charge is 0.478 e. The van der Waals surface area contributed by atoms with Crippen LogP contribution in [0, 0.1) is 5.92 Å². The molecule has 2 N–H and O–H groups in total. The fourth-order valence-corrected chi connectivity index (χ4v) is 1.89. The van der Waals surface area contributed by atoms with Crippen molar-refractivity contribution in [2.75, 3.05) is 13.2 Å². The topological polar surface area (TPSA) is 75.6 Å². The van der Waals surface area contributed by atoms with Crippen molar-refractivity contribution in [3.63, 3.8) is 0 Å². The van der Waals surface area contributed by atoms with Crippen molar-refractivity contribution in [2.45, 2.75) is 13.0 Å². The Kier molecular flexibility index (Phi) is 3.94. The van der Waals surface area contributed by atoms with Crippen LogP contribution in [0.3, 0.4) is 0 Å². The molecule has 1 amide bonds. The van der Waals surface area contributed by atoms with Crippen molar-refractivity contribution in [3.05, 3.63) is 35.4 Å². The Bertz CT molecular complexity index is 452. The van der Waals surface area contributed by atoms with Crippen LogP contribution in [0.25, 0.3) is 0 Å². The molecule has 1 aliphatic heterocycles. The van der Waals surface area contributed by atoms with Gasteiger partial charge < -0.3 is 15.2 Å². The monoisotopic (exact) mass is 249 g/mol. The highest BCUT2D eigenvalue weighted by molar-refractivity contribution is 5.87. The Morgan fingerprint density at radius 2 is 2.28 bits per heavy atom. The van der Waals surface area contributed by atoms with Gasteiger partial charge in [0.1, 0.15) is 0 Å². The van der Waals surface area contributed by atoms with Crippen LogP contribution in [-0.2, 0) is 16.1 Å². The standard InChI is InChI=1S/C13H15NO4/c15-12(11-4-5-18-8-11)14-7-9-2-1-3-10(6-9)13(16)17/h1-3,6,11H,4-5,7-8H2,(H,14,15)(H,16,17)/t11-/m1/s1. The lowest BCUT2D eigenvalue weighted by Gasteiger charge is -2.09. The smallest absolute Gasteiger partial charge is 0.335 e. The first-order chi connectivity index (χ1) is 8.66. The molecule has 18 heavy (non-hydrogen) atoms. The fourth-order valence-electron chi connectivity index (χ4n) is 1.89. The van der Waals surface area contributed by atoms with E-state index in [2.05, 4.69) is 5.32 Å². The summed E-state index contributed by atoms with van der Waals surface area (Å²) in [6, 6.07) is 6.55. The summed E-state index contributed by atoms with van der Waals surface area (Å²) in [5.41, 5.74) is 1.01. The summed E-state index contributed by atoms with van der Waals surface area (Å²) in [7, 11) is 0. The molecule has 0 spiro atoms. The van der Waals surface area contributed by atoms with E-state index in [1.54, 1.807) is 18.2 Å². The molecule has 1 aromatic rings. The maximum absolute atomic E-state index is 11.7. The molecule has 5 nitrogen and oxygen atoms in total. The number of aromatic carboxylic acids is 1. The Balaban J connectivity index is 1.91. The molecular weight excluding hydrogens is 234 g/mol. The third-order valence-corrected chi connectivity index (χ3v) is 2.94. The highest BCUT2D eigenvalue weighted by atomic mass is 16.5.